The topological polar surface area (TPSA) is 41.8 Å². The summed E-state index contributed by atoms with van der Waals surface area (Å²) >= 11 is 0. The van der Waals surface area contributed by atoms with Crippen LogP contribution in [0.4, 0.5) is 14.5 Å². The van der Waals surface area contributed by atoms with Gasteiger partial charge in [-0.2, -0.15) is 0 Å². The monoisotopic (exact) mass is 168 g/mol. The SMILES string of the molecule is Nc1c[nH]c2cc(F)c(F)cc12. The first-order chi connectivity index (χ1) is 5.68. The summed E-state index contributed by atoms with van der Waals surface area (Å²) in [4.78, 5) is 2.72. The van der Waals surface area contributed by atoms with E-state index in [9.17, 15) is 8.78 Å². The van der Waals surface area contributed by atoms with E-state index in [0.29, 0.717) is 16.6 Å². The molecule has 0 aliphatic heterocycles. The highest BCUT2D eigenvalue weighted by atomic mass is 19.2. The molecule has 1 aromatic heterocycles. The van der Waals surface area contributed by atoms with Gasteiger partial charge in [0, 0.05) is 17.6 Å². The number of fused-ring (bicyclic) bond motifs is 1. The van der Waals surface area contributed by atoms with Crippen LogP contribution in [0.1, 0.15) is 0 Å². The molecule has 0 aliphatic rings. The van der Waals surface area contributed by atoms with Crippen molar-refractivity contribution in [3.63, 3.8) is 0 Å². The molecule has 2 aromatic rings. The summed E-state index contributed by atoms with van der Waals surface area (Å²) in [6.45, 7) is 0. The van der Waals surface area contributed by atoms with E-state index in [1.807, 2.05) is 0 Å². The molecule has 2 nitrogen and oxygen atoms in total. The van der Waals surface area contributed by atoms with E-state index in [2.05, 4.69) is 4.98 Å². The first-order valence-corrected chi connectivity index (χ1v) is 3.40. The summed E-state index contributed by atoms with van der Waals surface area (Å²) in [7, 11) is 0. The Kier molecular flexibility index (Phi) is 1.30. The van der Waals surface area contributed by atoms with Crippen LogP contribution in [0.15, 0.2) is 18.3 Å². The van der Waals surface area contributed by atoms with E-state index in [1.54, 1.807) is 0 Å². The predicted octanol–water partition coefficient (Wildman–Crippen LogP) is 2.03. The molecule has 0 bridgehead atoms. The van der Waals surface area contributed by atoms with Crippen LogP contribution in [-0.2, 0) is 0 Å². The zero-order valence-corrected chi connectivity index (χ0v) is 6.07. The van der Waals surface area contributed by atoms with Crippen LogP contribution in [0.25, 0.3) is 10.9 Å². The Hall–Kier alpha value is -1.58. The summed E-state index contributed by atoms with van der Waals surface area (Å²) in [5, 5.41) is 0.508. The minimum atomic E-state index is -0.881. The molecule has 0 atom stereocenters. The number of aromatic nitrogens is 1. The number of hydrogen-bond acceptors (Lipinski definition) is 1. The Morgan fingerprint density at radius 1 is 1.17 bits per heavy atom. The van der Waals surface area contributed by atoms with Crippen molar-refractivity contribution in [3.8, 4) is 0 Å². The Balaban J connectivity index is 2.87. The molecule has 1 aromatic carbocycles. The van der Waals surface area contributed by atoms with Gasteiger partial charge in [0.15, 0.2) is 11.6 Å². The molecular weight excluding hydrogens is 162 g/mol. The third-order valence-corrected chi connectivity index (χ3v) is 1.75. The predicted molar refractivity (Wildman–Crippen MR) is 42.6 cm³/mol. The van der Waals surface area contributed by atoms with Crippen molar-refractivity contribution in [1.29, 1.82) is 0 Å². The number of aromatic amines is 1. The Morgan fingerprint density at radius 2 is 1.83 bits per heavy atom. The number of nitrogens with two attached hydrogens (primary N) is 1. The van der Waals surface area contributed by atoms with Gasteiger partial charge in [-0.25, -0.2) is 8.78 Å². The minimum Gasteiger partial charge on any atom is -0.397 e. The standard InChI is InChI=1S/C8H6F2N2/c9-5-1-4-7(11)3-12-8(4)2-6(5)10/h1-3,12H,11H2. The van der Waals surface area contributed by atoms with Crippen LogP contribution in [-0.4, -0.2) is 4.98 Å². The van der Waals surface area contributed by atoms with Crippen LogP contribution in [0.5, 0.6) is 0 Å². The largest absolute Gasteiger partial charge is 0.397 e. The van der Waals surface area contributed by atoms with Crippen LogP contribution in [0, 0.1) is 11.6 Å². The molecule has 0 saturated heterocycles. The lowest BCUT2D eigenvalue weighted by Gasteiger charge is -1.93. The van der Waals surface area contributed by atoms with Crippen molar-refractivity contribution in [2.24, 2.45) is 0 Å². The molecule has 1 heterocycles. The van der Waals surface area contributed by atoms with Gasteiger partial charge in [0.2, 0.25) is 0 Å². The summed E-state index contributed by atoms with van der Waals surface area (Å²) in [5.41, 5.74) is 6.40. The summed E-state index contributed by atoms with van der Waals surface area (Å²) in [5.74, 6) is -1.75. The van der Waals surface area contributed by atoms with Gasteiger partial charge in [-0.1, -0.05) is 0 Å². The maximum absolute atomic E-state index is 12.7. The summed E-state index contributed by atoms with van der Waals surface area (Å²) in [6.07, 6.45) is 1.50. The third kappa shape index (κ3) is 0.845. The lowest BCUT2D eigenvalue weighted by atomic mass is 10.2. The van der Waals surface area contributed by atoms with Gasteiger partial charge in [-0.15, -0.1) is 0 Å². The van der Waals surface area contributed by atoms with Crippen molar-refractivity contribution >= 4 is 16.6 Å². The van der Waals surface area contributed by atoms with Crippen LogP contribution >= 0.6 is 0 Å². The third-order valence-electron chi connectivity index (χ3n) is 1.75. The number of hydrogen-bond donors (Lipinski definition) is 2. The lowest BCUT2D eigenvalue weighted by molar-refractivity contribution is 0.511. The van der Waals surface area contributed by atoms with E-state index < -0.39 is 11.6 Å². The number of rotatable bonds is 0. The fraction of sp³-hybridized carbons (Fsp3) is 0. The smallest absolute Gasteiger partial charge is 0.160 e. The van der Waals surface area contributed by atoms with Crippen molar-refractivity contribution in [2.75, 3.05) is 5.73 Å². The lowest BCUT2D eigenvalue weighted by Crippen LogP contribution is -1.85. The van der Waals surface area contributed by atoms with E-state index in [-0.39, 0.29) is 0 Å². The Labute approximate surface area is 67.0 Å². The zero-order chi connectivity index (χ0) is 8.72. The Morgan fingerprint density at radius 3 is 2.58 bits per heavy atom. The second-order valence-corrected chi connectivity index (χ2v) is 2.56. The summed E-state index contributed by atoms with van der Waals surface area (Å²) < 4.78 is 25.3. The number of halogens is 2. The second kappa shape index (κ2) is 2.20. The molecule has 0 amide bonds. The molecule has 0 unspecified atom stereocenters. The quantitative estimate of drug-likeness (QED) is 0.620. The Bertz CT molecular complexity index is 434. The van der Waals surface area contributed by atoms with Gasteiger partial charge in [0.1, 0.15) is 0 Å². The van der Waals surface area contributed by atoms with Gasteiger partial charge in [0.25, 0.3) is 0 Å². The van der Waals surface area contributed by atoms with Crippen molar-refractivity contribution in [3.05, 3.63) is 30.0 Å². The molecule has 0 aliphatic carbocycles. The molecule has 3 N–H and O–H groups in total. The average Bonchev–Trinajstić information content (AvgIpc) is 2.35. The molecule has 62 valence electrons. The average molecular weight is 168 g/mol. The maximum atomic E-state index is 12.7. The van der Waals surface area contributed by atoms with Gasteiger partial charge >= 0.3 is 0 Å². The first-order valence-electron chi connectivity index (χ1n) is 3.40. The van der Waals surface area contributed by atoms with Gasteiger partial charge in [-0.05, 0) is 6.07 Å². The molecule has 4 heteroatoms. The van der Waals surface area contributed by atoms with Gasteiger partial charge < -0.3 is 10.7 Å². The second-order valence-electron chi connectivity index (χ2n) is 2.56. The fourth-order valence-electron chi connectivity index (χ4n) is 1.14. The van der Waals surface area contributed by atoms with Crippen LogP contribution < -0.4 is 5.73 Å². The summed E-state index contributed by atoms with van der Waals surface area (Å²) in [6, 6.07) is 2.16. The number of H-pyrrole nitrogens is 1. The highest BCUT2D eigenvalue weighted by Crippen LogP contribution is 2.22. The van der Waals surface area contributed by atoms with Crippen LogP contribution in [0.3, 0.4) is 0 Å². The van der Waals surface area contributed by atoms with Crippen molar-refractivity contribution in [1.82, 2.24) is 4.98 Å². The van der Waals surface area contributed by atoms with E-state index in [4.69, 9.17) is 5.73 Å². The number of nitrogens with one attached hydrogen (secondary N) is 1. The van der Waals surface area contributed by atoms with Gasteiger partial charge in [-0.3, -0.25) is 0 Å². The van der Waals surface area contributed by atoms with Crippen molar-refractivity contribution < 1.29 is 8.78 Å². The molecule has 0 fully saturated rings. The molecule has 0 saturated carbocycles. The molecule has 0 spiro atoms. The van der Waals surface area contributed by atoms with Crippen LogP contribution in [0.2, 0.25) is 0 Å². The first kappa shape index (κ1) is 7.09. The van der Waals surface area contributed by atoms with Crippen molar-refractivity contribution in [2.45, 2.75) is 0 Å². The molecule has 12 heavy (non-hydrogen) atoms. The normalized spacial score (nSPS) is 10.8. The van der Waals surface area contributed by atoms with E-state index in [1.165, 1.54) is 6.20 Å². The van der Waals surface area contributed by atoms with E-state index >= 15 is 0 Å². The number of anilines is 1. The maximum Gasteiger partial charge on any atom is 0.160 e. The van der Waals surface area contributed by atoms with Gasteiger partial charge in [0.05, 0.1) is 11.2 Å². The molecular formula is C8H6F2N2. The highest BCUT2D eigenvalue weighted by Gasteiger charge is 2.06. The molecule has 0 radical (unpaired) electrons. The number of nitrogen functional groups attached to an aromatic ring is 1. The highest BCUT2D eigenvalue weighted by molar-refractivity contribution is 5.91. The molecule has 2 rings (SSSR count). The fourth-order valence-corrected chi connectivity index (χ4v) is 1.14. The zero-order valence-electron chi connectivity index (χ0n) is 6.07. The minimum absolute atomic E-state index is 0.420. The van der Waals surface area contributed by atoms with E-state index in [0.717, 1.165) is 12.1 Å². The number of benzene rings is 1.